The third kappa shape index (κ3) is 6.27. The topological polar surface area (TPSA) is 39.7 Å². The summed E-state index contributed by atoms with van der Waals surface area (Å²) in [5, 5.41) is 6.22. The van der Waals surface area contributed by atoms with Crippen LogP contribution < -0.4 is 14.8 Å². The van der Waals surface area contributed by atoms with Crippen LogP contribution in [0.2, 0.25) is 0 Å². The van der Waals surface area contributed by atoms with Crippen LogP contribution in [0.15, 0.2) is 115 Å². The number of ether oxygens (including phenoxy) is 3. The highest BCUT2D eigenvalue weighted by Crippen LogP contribution is 2.41. The van der Waals surface area contributed by atoms with Crippen LogP contribution in [0, 0.1) is 11.7 Å². The number of methoxy groups -OCH3 is 1. The number of benzene rings is 5. The molecule has 0 radical (unpaired) electrons. The molecule has 0 saturated heterocycles. The lowest BCUT2D eigenvalue weighted by Crippen LogP contribution is -2.47. The summed E-state index contributed by atoms with van der Waals surface area (Å²) >= 11 is 0. The molecule has 0 spiro atoms. The van der Waals surface area contributed by atoms with E-state index in [1.54, 1.807) is 7.11 Å². The van der Waals surface area contributed by atoms with E-state index >= 15 is 0 Å². The molecule has 0 saturated carbocycles. The van der Waals surface area contributed by atoms with Gasteiger partial charge in [-0.15, -0.1) is 0 Å². The fourth-order valence-corrected chi connectivity index (χ4v) is 5.67. The largest absolute Gasteiger partial charge is 0.497 e. The molecule has 6 rings (SSSR count). The Hall–Kier alpha value is -4.19. The molecular weight excluding hydrogens is 513 g/mol. The maximum absolute atomic E-state index is 13.7. The maximum atomic E-state index is 13.7. The van der Waals surface area contributed by atoms with Crippen LogP contribution in [-0.4, -0.2) is 19.9 Å². The van der Waals surface area contributed by atoms with Gasteiger partial charge in [-0.05, 0) is 70.6 Å². The van der Waals surface area contributed by atoms with Crippen molar-refractivity contribution in [2.75, 3.05) is 13.7 Å². The first kappa shape index (κ1) is 27.0. The second-order valence-electron chi connectivity index (χ2n) is 10.5. The molecular formula is C36H34FNO3. The summed E-state index contributed by atoms with van der Waals surface area (Å²) in [7, 11) is 1.66. The van der Waals surface area contributed by atoms with Gasteiger partial charge in [-0.2, -0.15) is 0 Å². The number of rotatable bonds is 10. The minimum Gasteiger partial charge on any atom is -0.497 e. The lowest BCUT2D eigenvalue weighted by molar-refractivity contribution is 0.0419. The quantitative estimate of drug-likeness (QED) is 0.181. The minimum atomic E-state index is -0.261. The Bertz CT molecular complexity index is 1570. The Morgan fingerprint density at radius 2 is 1.54 bits per heavy atom. The molecule has 41 heavy (non-hydrogen) atoms. The molecule has 1 unspecified atom stereocenters. The van der Waals surface area contributed by atoms with Crippen molar-refractivity contribution >= 4 is 10.8 Å². The first-order valence-corrected chi connectivity index (χ1v) is 14.1. The molecule has 5 heteroatoms. The van der Waals surface area contributed by atoms with Gasteiger partial charge in [0.25, 0.3) is 0 Å². The van der Waals surface area contributed by atoms with Crippen molar-refractivity contribution < 1.29 is 18.6 Å². The summed E-state index contributed by atoms with van der Waals surface area (Å²) in [5.41, 5.74) is 4.51. The van der Waals surface area contributed by atoms with Crippen molar-refractivity contribution in [1.82, 2.24) is 5.32 Å². The lowest BCUT2D eigenvalue weighted by atomic mass is 9.88. The standard InChI is InChI=1S/C36H34FNO3/c1-39-31-18-13-26(14-19-31)24-40-22-21-29(23-25-11-16-30(37)17-12-25)36-38-35(28-8-3-2-4-9-28)34-32-10-6-5-7-27(32)15-20-33(34)41-36/h2-20,29,35-36,38H,21-24H2,1H3/t29?,35-,36-/m0/s1. The number of hydrogen-bond acceptors (Lipinski definition) is 4. The zero-order valence-electron chi connectivity index (χ0n) is 23.1. The van der Waals surface area contributed by atoms with E-state index in [4.69, 9.17) is 14.2 Å². The zero-order valence-corrected chi connectivity index (χ0v) is 23.1. The Balaban J connectivity index is 1.27. The fraction of sp³-hybridized carbons (Fsp3) is 0.222. The van der Waals surface area contributed by atoms with E-state index in [1.807, 2.05) is 42.5 Å². The van der Waals surface area contributed by atoms with Crippen molar-refractivity contribution in [3.05, 3.63) is 143 Å². The van der Waals surface area contributed by atoms with Gasteiger partial charge in [-0.3, -0.25) is 5.32 Å². The van der Waals surface area contributed by atoms with Crippen molar-refractivity contribution in [3.63, 3.8) is 0 Å². The van der Waals surface area contributed by atoms with E-state index in [0.717, 1.165) is 41.0 Å². The third-order valence-electron chi connectivity index (χ3n) is 7.84. The van der Waals surface area contributed by atoms with Gasteiger partial charge in [-0.25, -0.2) is 4.39 Å². The van der Waals surface area contributed by atoms with Crippen LogP contribution in [0.4, 0.5) is 4.39 Å². The monoisotopic (exact) mass is 547 g/mol. The molecule has 0 aliphatic carbocycles. The summed E-state index contributed by atoms with van der Waals surface area (Å²) in [6.07, 6.45) is 1.24. The molecule has 0 fully saturated rings. The second kappa shape index (κ2) is 12.5. The highest BCUT2D eigenvalue weighted by Gasteiger charge is 2.34. The van der Waals surface area contributed by atoms with Gasteiger partial charge in [0.1, 0.15) is 17.3 Å². The van der Waals surface area contributed by atoms with Crippen molar-refractivity contribution in [3.8, 4) is 11.5 Å². The summed E-state index contributed by atoms with van der Waals surface area (Å²) in [4.78, 5) is 0. The summed E-state index contributed by atoms with van der Waals surface area (Å²) in [6.45, 7) is 1.09. The smallest absolute Gasteiger partial charge is 0.154 e. The fourth-order valence-electron chi connectivity index (χ4n) is 5.67. The first-order valence-electron chi connectivity index (χ1n) is 14.1. The number of fused-ring (bicyclic) bond motifs is 3. The predicted molar refractivity (Wildman–Crippen MR) is 161 cm³/mol. The highest BCUT2D eigenvalue weighted by atomic mass is 19.1. The molecule has 5 aromatic carbocycles. The normalized spacial score (nSPS) is 17.0. The van der Waals surface area contributed by atoms with Crippen LogP contribution in [0.3, 0.4) is 0 Å². The van der Waals surface area contributed by atoms with Crippen LogP contribution >= 0.6 is 0 Å². The third-order valence-corrected chi connectivity index (χ3v) is 7.84. The molecule has 3 atom stereocenters. The molecule has 0 bridgehead atoms. The highest BCUT2D eigenvalue weighted by molar-refractivity contribution is 5.89. The average molecular weight is 548 g/mol. The lowest BCUT2D eigenvalue weighted by Gasteiger charge is -2.38. The van der Waals surface area contributed by atoms with Crippen molar-refractivity contribution in [2.45, 2.75) is 31.7 Å². The van der Waals surface area contributed by atoms with Crippen LogP contribution in [0.5, 0.6) is 11.5 Å². The van der Waals surface area contributed by atoms with Crippen LogP contribution in [-0.2, 0) is 17.8 Å². The summed E-state index contributed by atoms with van der Waals surface area (Å²) in [5.74, 6) is 1.58. The van der Waals surface area contributed by atoms with E-state index in [0.29, 0.717) is 13.2 Å². The Kier molecular flexibility index (Phi) is 8.26. The molecule has 1 aliphatic heterocycles. The van der Waals surface area contributed by atoms with E-state index in [2.05, 4.69) is 66.0 Å². The van der Waals surface area contributed by atoms with Gasteiger partial charge < -0.3 is 14.2 Å². The van der Waals surface area contributed by atoms with E-state index in [1.165, 1.54) is 28.5 Å². The second-order valence-corrected chi connectivity index (χ2v) is 10.5. The molecule has 1 aliphatic rings. The SMILES string of the molecule is COc1ccc(COCCC(Cc2ccc(F)cc2)[C@H]2N[C@@H](c3ccccc3)c3c(ccc4ccccc34)O2)cc1. The van der Waals surface area contributed by atoms with Gasteiger partial charge >= 0.3 is 0 Å². The molecule has 0 amide bonds. The predicted octanol–water partition coefficient (Wildman–Crippen LogP) is 7.85. The number of hydrogen-bond donors (Lipinski definition) is 1. The number of nitrogens with one attached hydrogen (secondary N) is 1. The van der Waals surface area contributed by atoms with Crippen molar-refractivity contribution in [2.24, 2.45) is 5.92 Å². The Morgan fingerprint density at radius 3 is 2.32 bits per heavy atom. The Morgan fingerprint density at radius 1 is 0.805 bits per heavy atom. The molecule has 5 aromatic rings. The summed E-state index contributed by atoms with van der Waals surface area (Å²) < 4.78 is 31.8. The molecule has 0 aromatic heterocycles. The molecule has 1 heterocycles. The average Bonchev–Trinajstić information content (AvgIpc) is 3.03. The van der Waals surface area contributed by atoms with E-state index in [9.17, 15) is 4.39 Å². The first-order chi connectivity index (χ1) is 20.2. The van der Waals surface area contributed by atoms with Gasteiger partial charge in [-0.1, -0.05) is 84.9 Å². The van der Waals surface area contributed by atoms with Gasteiger partial charge in [0, 0.05) is 18.1 Å². The zero-order chi connectivity index (χ0) is 28.0. The number of halogens is 1. The van der Waals surface area contributed by atoms with Crippen LogP contribution in [0.25, 0.3) is 10.8 Å². The van der Waals surface area contributed by atoms with Gasteiger partial charge in [0.05, 0.1) is 19.8 Å². The van der Waals surface area contributed by atoms with Crippen molar-refractivity contribution in [1.29, 1.82) is 0 Å². The van der Waals surface area contributed by atoms with Gasteiger partial charge in [0.15, 0.2) is 6.23 Å². The molecule has 208 valence electrons. The summed E-state index contributed by atoms with van der Waals surface area (Å²) in [6, 6.07) is 37.9. The Labute approximate surface area is 240 Å². The van der Waals surface area contributed by atoms with E-state index < -0.39 is 0 Å². The van der Waals surface area contributed by atoms with E-state index in [-0.39, 0.29) is 24.0 Å². The van der Waals surface area contributed by atoms with Crippen LogP contribution in [0.1, 0.15) is 34.7 Å². The molecule has 4 nitrogen and oxygen atoms in total. The van der Waals surface area contributed by atoms with Gasteiger partial charge in [0.2, 0.25) is 0 Å². The minimum absolute atomic E-state index is 0.0352. The molecule has 1 N–H and O–H groups in total. The maximum Gasteiger partial charge on any atom is 0.154 e.